The van der Waals surface area contributed by atoms with Gasteiger partial charge in [-0.15, -0.1) is 8.42 Å². The SMILES string of the molecule is CC1=C(N2CCCC2)OS(=O)(=O)O1. The van der Waals surface area contributed by atoms with Crippen molar-refractivity contribution >= 4 is 10.4 Å². The predicted octanol–water partition coefficient (Wildman–Crippen LogP) is 0.563. The molecule has 0 bridgehead atoms. The number of rotatable bonds is 1. The molecule has 0 saturated carbocycles. The van der Waals surface area contributed by atoms with Gasteiger partial charge in [-0.3, -0.25) is 0 Å². The van der Waals surface area contributed by atoms with Crippen molar-refractivity contribution in [3.05, 3.63) is 11.6 Å². The molecule has 6 heteroatoms. The maximum atomic E-state index is 10.9. The summed E-state index contributed by atoms with van der Waals surface area (Å²) < 4.78 is 31.1. The molecule has 13 heavy (non-hydrogen) atoms. The average molecular weight is 205 g/mol. The third kappa shape index (κ3) is 1.58. The highest BCUT2D eigenvalue weighted by Crippen LogP contribution is 2.28. The van der Waals surface area contributed by atoms with Gasteiger partial charge < -0.3 is 13.3 Å². The molecule has 74 valence electrons. The molecule has 0 aromatic carbocycles. The number of hydrogen-bond donors (Lipinski definition) is 0. The predicted molar refractivity (Wildman–Crippen MR) is 44.6 cm³/mol. The Balaban J connectivity index is 2.19. The molecule has 0 radical (unpaired) electrons. The largest absolute Gasteiger partial charge is 0.502 e. The van der Waals surface area contributed by atoms with E-state index in [-0.39, 0.29) is 0 Å². The summed E-state index contributed by atoms with van der Waals surface area (Å²) in [7, 11) is -3.80. The highest BCUT2D eigenvalue weighted by molar-refractivity contribution is 7.82. The normalized spacial score (nSPS) is 26.1. The van der Waals surface area contributed by atoms with Gasteiger partial charge in [-0.2, -0.15) is 0 Å². The summed E-state index contributed by atoms with van der Waals surface area (Å²) in [5, 5.41) is 0. The minimum absolute atomic E-state index is 0.335. The van der Waals surface area contributed by atoms with Gasteiger partial charge in [0, 0.05) is 20.0 Å². The first kappa shape index (κ1) is 8.68. The van der Waals surface area contributed by atoms with E-state index in [0.717, 1.165) is 25.9 Å². The molecule has 0 N–H and O–H groups in total. The molecule has 1 saturated heterocycles. The van der Waals surface area contributed by atoms with E-state index in [1.165, 1.54) is 0 Å². The minimum atomic E-state index is -3.80. The van der Waals surface area contributed by atoms with Crippen molar-refractivity contribution in [1.82, 2.24) is 4.90 Å². The Bertz CT molecular complexity index is 340. The van der Waals surface area contributed by atoms with Gasteiger partial charge in [0.05, 0.1) is 0 Å². The topological polar surface area (TPSA) is 55.8 Å². The molecule has 5 nitrogen and oxygen atoms in total. The molecule has 1 fully saturated rings. The Kier molecular flexibility index (Phi) is 1.87. The molecular formula is C7H11NO4S. The zero-order valence-electron chi connectivity index (χ0n) is 7.32. The van der Waals surface area contributed by atoms with Crippen molar-refractivity contribution in [3.8, 4) is 0 Å². The van der Waals surface area contributed by atoms with Crippen molar-refractivity contribution in [2.75, 3.05) is 13.1 Å². The maximum absolute atomic E-state index is 10.9. The van der Waals surface area contributed by atoms with Crippen LogP contribution in [0.1, 0.15) is 19.8 Å². The zero-order valence-corrected chi connectivity index (χ0v) is 8.13. The minimum Gasteiger partial charge on any atom is -0.352 e. The molecule has 2 heterocycles. The van der Waals surface area contributed by atoms with Crippen LogP contribution >= 0.6 is 0 Å². The fourth-order valence-corrected chi connectivity index (χ4v) is 2.38. The lowest BCUT2D eigenvalue weighted by Gasteiger charge is -2.14. The van der Waals surface area contributed by atoms with Gasteiger partial charge in [-0.25, -0.2) is 0 Å². The van der Waals surface area contributed by atoms with Crippen molar-refractivity contribution in [3.63, 3.8) is 0 Å². The van der Waals surface area contributed by atoms with Gasteiger partial charge in [-0.1, -0.05) is 0 Å². The van der Waals surface area contributed by atoms with Gasteiger partial charge in [0.15, 0.2) is 5.76 Å². The molecular weight excluding hydrogens is 194 g/mol. The summed E-state index contributed by atoms with van der Waals surface area (Å²) >= 11 is 0. The van der Waals surface area contributed by atoms with Crippen LogP contribution in [0.3, 0.4) is 0 Å². The Morgan fingerprint density at radius 2 is 1.85 bits per heavy atom. The van der Waals surface area contributed by atoms with Crippen molar-refractivity contribution in [2.24, 2.45) is 0 Å². The second-order valence-electron chi connectivity index (χ2n) is 3.13. The van der Waals surface area contributed by atoms with E-state index in [1.807, 2.05) is 4.90 Å². The van der Waals surface area contributed by atoms with Crippen molar-refractivity contribution in [2.45, 2.75) is 19.8 Å². The highest BCUT2D eigenvalue weighted by atomic mass is 32.3. The Hall–Kier alpha value is -0.910. The second-order valence-corrected chi connectivity index (χ2v) is 4.28. The van der Waals surface area contributed by atoms with E-state index in [9.17, 15) is 8.42 Å². The van der Waals surface area contributed by atoms with Gasteiger partial charge in [0.2, 0.25) is 0 Å². The molecule has 2 rings (SSSR count). The number of likely N-dealkylation sites (tertiary alicyclic amines) is 1. The monoisotopic (exact) mass is 205 g/mol. The molecule has 0 atom stereocenters. The lowest BCUT2D eigenvalue weighted by molar-refractivity contribution is 0.258. The summed E-state index contributed by atoms with van der Waals surface area (Å²) in [5.74, 6) is 0.694. The standard InChI is InChI=1S/C7H11NO4S/c1-6-7(8-4-2-3-5-8)12-13(9,10)11-6/h2-5H2,1H3. The Morgan fingerprint density at radius 1 is 1.23 bits per heavy atom. The molecule has 0 aliphatic carbocycles. The van der Waals surface area contributed by atoms with E-state index < -0.39 is 10.4 Å². The summed E-state index contributed by atoms with van der Waals surface area (Å²) in [6.45, 7) is 3.27. The first-order valence-corrected chi connectivity index (χ1v) is 5.51. The van der Waals surface area contributed by atoms with Crippen LogP contribution in [0.5, 0.6) is 0 Å². The fourth-order valence-electron chi connectivity index (χ4n) is 1.56. The Labute approximate surface area is 77.3 Å². The lowest BCUT2D eigenvalue weighted by atomic mass is 10.4. The van der Waals surface area contributed by atoms with Crippen LogP contribution in [0.25, 0.3) is 0 Å². The van der Waals surface area contributed by atoms with Gasteiger partial charge in [0.25, 0.3) is 5.88 Å². The third-order valence-corrected chi connectivity index (χ3v) is 2.92. The molecule has 0 aromatic rings. The first-order chi connectivity index (χ1) is 6.08. The molecule has 2 aliphatic heterocycles. The summed E-state index contributed by atoms with van der Waals surface area (Å²) in [6.07, 6.45) is 2.14. The molecule has 2 aliphatic rings. The van der Waals surface area contributed by atoms with E-state index in [4.69, 9.17) is 4.18 Å². The van der Waals surface area contributed by atoms with Crippen LogP contribution in [0.4, 0.5) is 0 Å². The van der Waals surface area contributed by atoms with E-state index in [0.29, 0.717) is 11.6 Å². The summed E-state index contributed by atoms with van der Waals surface area (Å²) in [6, 6.07) is 0. The summed E-state index contributed by atoms with van der Waals surface area (Å²) in [5.41, 5.74) is 0. The molecule has 0 spiro atoms. The van der Waals surface area contributed by atoms with Gasteiger partial charge in [0.1, 0.15) is 0 Å². The molecule has 0 unspecified atom stereocenters. The van der Waals surface area contributed by atoms with E-state index >= 15 is 0 Å². The number of hydrogen-bond acceptors (Lipinski definition) is 5. The zero-order chi connectivity index (χ0) is 9.47. The van der Waals surface area contributed by atoms with Crippen LogP contribution in [-0.2, 0) is 18.8 Å². The smallest absolute Gasteiger partial charge is 0.352 e. The third-order valence-electron chi connectivity index (χ3n) is 2.10. The van der Waals surface area contributed by atoms with E-state index in [1.54, 1.807) is 6.92 Å². The van der Waals surface area contributed by atoms with Crippen LogP contribution in [-0.4, -0.2) is 26.4 Å². The first-order valence-electron chi connectivity index (χ1n) is 4.18. The molecule has 0 aromatic heterocycles. The highest BCUT2D eigenvalue weighted by Gasteiger charge is 2.33. The van der Waals surface area contributed by atoms with Crippen LogP contribution < -0.4 is 0 Å². The van der Waals surface area contributed by atoms with E-state index in [2.05, 4.69) is 4.18 Å². The van der Waals surface area contributed by atoms with Crippen LogP contribution in [0, 0.1) is 0 Å². The quantitative estimate of drug-likeness (QED) is 0.626. The van der Waals surface area contributed by atoms with Crippen molar-refractivity contribution in [1.29, 1.82) is 0 Å². The maximum Gasteiger partial charge on any atom is 0.502 e. The Morgan fingerprint density at radius 3 is 2.31 bits per heavy atom. The molecule has 0 amide bonds. The summed E-state index contributed by atoms with van der Waals surface area (Å²) in [4.78, 5) is 1.89. The van der Waals surface area contributed by atoms with Gasteiger partial charge >= 0.3 is 10.4 Å². The lowest BCUT2D eigenvalue weighted by Crippen LogP contribution is -2.20. The number of allylic oxidation sites excluding steroid dienone is 1. The average Bonchev–Trinajstić information content (AvgIpc) is 2.56. The second kappa shape index (κ2) is 2.80. The van der Waals surface area contributed by atoms with Gasteiger partial charge in [-0.05, 0) is 12.8 Å². The van der Waals surface area contributed by atoms with Crippen LogP contribution in [0.15, 0.2) is 11.6 Å². The van der Waals surface area contributed by atoms with Crippen molar-refractivity contribution < 1.29 is 16.8 Å². The van der Waals surface area contributed by atoms with Crippen LogP contribution in [0.2, 0.25) is 0 Å². The fraction of sp³-hybridized carbons (Fsp3) is 0.714. The number of nitrogens with zero attached hydrogens (tertiary/aromatic N) is 1.